The second kappa shape index (κ2) is 5.14. The third kappa shape index (κ3) is 2.26. The molecule has 0 spiro atoms. The van der Waals surface area contributed by atoms with Crippen molar-refractivity contribution in [2.24, 2.45) is 5.73 Å². The van der Waals surface area contributed by atoms with Crippen LogP contribution in [0.25, 0.3) is 10.1 Å². The molecule has 1 nitrogen and oxygen atoms in total. The molecule has 0 radical (unpaired) electrons. The Bertz CT molecular complexity index is 736. The third-order valence-corrected chi connectivity index (χ3v) is 4.97. The first kappa shape index (κ1) is 12.9. The number of thiophene rings is 1. The van der Waals surface area contributed by atoms with Crippen LogP contribution in [0.15, 0.2) is 47.8 Å². The Morgan fingerprint density at radius 1 is 0.947 bits per heavy atom. The zero-order valence-corrected chi connectivity index (χ0v) is 12.3. The van der Waals surface area contributed by atoms with Gasteiger partial charge in [-0.3, -0.25) is 0 Å². The summed E-state index contributed by atoms with van der Waals surface area (Å²) in [6.45, 7) is 0. The van der Waals surface area contributed by atoms with Gasteiger partial charge in [-0.25, -0.2) is 0 Å². The van der Waals surface area contributed by atoms with E-state index in [-0.39, 0.29) is 6.04 Å². The summed E-state index contributed by atoms with van der Waals surface area (Å²) in [5.41, 5.74) is 8.31. The van der Waals surface area contributed by atoms with Crippen LogP contribution < -0.4 is 5.73 Å². The normalized spacial score (nSPS) is 12.8. The molecule has 0 saturated heterocycles. The van der Waals surface area contributed by atoms with Crippen molar-refractivity contribution in [2.45, 2.75) is 6.04 Å². The van der Waals surface area contributed by atoms with Gasteiger partial charge in [-0.2, -0.15) is 0 Å². The lowest BCUT2D eigenvalue weighted by molar-refractivity contribution is 0.883. The molecule has 3 rings (SSSR count). The van der Waals surface area contributed by atoms with E-state index >= 15 is 0 Å². The highest BCUT2D eigenvalue weighted by molar-refractivity contribution is 7.17. The molecular weight excluding hydrogens is 297 g/mol. The molecule has 1 heterocycles. The van der Waals surface area contributed by atoms with Gasteiger partial charge in [0.2, 0.25) is 0 Å². The van der Waals surface area contributed by atoms with Crippen LogP contribution in [-0.4, -0.2) is 0 Å². The summed E-state index contributed by atoms with van der Waals surface area (Å²) < 4.78 is 1.20. The van der Waals surface area contributed by atoms with E-state index in [0.29, 0.717) is 10.0 Å². The molecule has 4 heteroatoms. The highest BCUT2D eigenvalue weighted by Gasteiger charge is 2.16. The van der Waals surface area contributed by atoms with Crippen LogP contribution in [0.3, 0.4) is 0 Å². The van der Waals surface area contributed by atoms with Gasteiger partial charge in [0, 0.05) is 4.70 Å². The van der Waals surface area contributed by atoms with Gasteiger partial charge in [0.15, 0.2) is 0 Å². The Hall–Kier alpha value is -1.06. The predicted octanol–water partition coefficient (Wildman–Crippen LogP) is 5.26. The summed E-state index contributed by atoms with van der Waals surface area (Å²) in [4.78, 5) is 0. The first-order chi connectivity index (χ1) is 9.18. The van der Waals surface area contributed by atoms with Crippen molar-refractivity contribution in [1.82, 2.24) is 0 Å². The molecule has 0 bridgehead atoms. The molecule has 1 atom stereocenters. The van der Waals surface area contributed by atoms with E-state index < -0.39 is 0 Å². The average Bonchev–Trinajstić information content (AvgIpc) is 2.89. The van der Waals surface area contributed by atoms with Gasteiger partial charge in [0.1, 0.15) is 0 Å². The smallest absolute Gasteiger partial charge is 0.0643 e. The van der Waals surface area contributed by atoms with Gasteiger partial charge in [-0.15, -0.1) is 11.3 Å². The number of hydrogen-bond acceptors (Lipinski definition) is 2. The molecule has 0 saturated carbocycles. The minimum atomic E-state index is -0.270. The van der Waals surface area contributed by atoms with Crippen molar-refractivity contribution in [3.63, 3.8) is 0 Å². The summed E-state index contributed by atoms with van der Waals surface area (Å²) in [5, 5.41) is 4.34. The number of halogens is 2. The van der Waals surface area contributed by atoms with Crippen molar-refractivity contribution in [1.29, 1.82) is 0 Å². The molecule has 1 aromatic heterocycles. The van der Waals surface area contributed by atoms with Crippen molar-refractivity contribution >= 4 is 44.6 Å². The van der Waals surface area contributed by atoms with Crippen LogP contribution in [0, 0.1) is 0 Å². The first-order valence-electron chi connectivity index (χ1n) is 5.84. The summed E-state index contributed by atoms with van der Waals surface area (Å²) in [5.74, 6) is 0. The van der Waals surface area contributed by atoms with Gasteiger partial charge in [-0.1, -0.05) is 53.5 Å². The minimum absolute atomic E-state index is 0.270. The van der Waals surface area contributed by atoms with Crippen LogP contribution >= 0.6 is 34.5 Å². The molecule has 1 unspecified atom stereocenters. The van der Waals surface area contributed by atoms with Gasteiger partial charge < -0.3 is 5.73 Å². The van der Waals surface area contributed by atoms with Crippen molar-refractivity contribution in [3.05, 3.63) is 69.0 Å². The maximum atomic E-state index is 6.37. The number of nitrogens with two attached hydrogens (primary N) is 1. The molecule has 0 fully saturated rings. The topological polar surface area (TPSA) is 26.0 Å². The average molecular weight is 308 g/mol. The number of rotatable bonds is 2. The molecule has 0 amide bonds. The predicted molar refractivity (Wildman–Crippen MR) is 84.3 cm³/mol. The van der Waals surface area contributed by atoms with Crippen LogP contribution in [0.1, 0.15) is 17.2 Å². The highest BCUT2D eigenvalue weighted by Crippen LogP contribution is 2.35. The van der Waals surface area contributed by atoms with Gasteiger partial charge in [-0.05, 0) is 34.0 Å². The van der Waals surface area contributed by atoms with E-state index in [1.54, 1.807) is 17.4 Å². The van der Waals surface area contributed by atoms with Crippen LogP contribution in [0.4, 0.5) is 0 Å². The molecule has 96 valence electrons. The number of fused-ring (bicyclic) bond motifs is 1. The second-order valence-electron chi connectivity index (χ2n) is 4.31. The van der Waals surface area contributed by atoms with Crippen LogP contribution in [0.2, 0.25) is 10.0 Å². The van der Waals surface area contributed by atoms with E-state index in [9.17, 15) is 0 Å². The lowest BCUT2D eigenvalue weighted by Crippen LogP contribution is -2.12. The van der Waals surface area contributed by atoms with Crippen LogP contribution in [0.5, 0.6) is 0 Å². The molecule has 2 aromatic carbocycles. The van der Waals surface area contributed by atoms with E-state index in [2.05, 4.69) is 17.5 Å². The molecule has 19 heavy (non-hydrogen) atoms. The Kier molecular flexibility index (Phi) is 3.50. The molecule has 0 aliphatic rings. The lowest BCUT2D eigenvalue weighted by Gasteiger charge is -2.15. The lowest BCUT2D eigenvalue weighted by atomic mass is 9.98. The molecule has 0 aliphatic carbocycles. The van der Waals surface area contributed by atoms with E-state index in [0.717, 1.165) is 11.1 Å². The Morgan fingerprint density at radius 2 is 1.68 bits per heavy atom. The maximum absolute atomic E-state index is 6.37. The second-order valence-corrected chi connectivity index (χ2v) is 6.01. The number of hydrogen-bond donors (Lipinski definition) is 1. The molecule has 3 aromatic rings. The summed E-state index contributed by atoms with van der Waals surface area (Å²) in [7, 11) is 0. The Morgan fingerprint density at radius 3 is 2.53 bits per heavy atom. The zero-order valence-electron chi connectivity index (χ0n) is 9.94. The quantitative estimate of drug-likeness (QED) is 0.687. The van der Waals surface area contributed by atoms with Crippen molar-refractivity contribution in [3.8, 4) is 0 Å². The van der Waals surface area contributed by atoms with Crippen molar-refractivity contribution in [2.75, 3.05) is 0 Å². The summed E-state index contributed by atoms with van der Waals surface area (Å²) in [6, 6.07) is 13.5. The zero-order chi connectivity index (χ0) is 13.4. The van der Waals surface area contributed by atoms with Gasteiger partial charge in [0.05, 0.1) is 16.1 Å². The Balaban J connectivity index is 2.16. The maximum Gasteiger partial charge on any atom is 0.0643 e. The summed E-state index contributed by atoms with van der Waals surface area (Å²) in [6.07, 6.45) is 0. The first-order valence-corrected chi connectivity index (χ1v) is 7.47. The number of benzene rings is 2. The highest BCUT2D eigenvalue weighted by atomic mass is 35.5. The minimum Gasteiger partial charge on any atom is -0.320 e. The molecule has 2 N–H and O–H groups in total. The third-order valence-electron chi connectivity index (χ3n) is 3.16. The summed E-state index contributed by atoms with van der Waals surface area (Å²) >= 11 is 14.0. The largest absolute Gasteiger partial charge is 0.320 e. The van der Waals surface area contributed by atoms with E-state index in [1.807, 2.05) is 24.3 Å². The SMILES string of the molecule is NC(c1cccc(Cl)c1Cl)c1cccc2ccsc12. The van der Waals surface area contributed by atoms with Crippen LogP contribution in [-0.2, 0) is 0 Å². The fourth-order valence-electron chi connectivity index (χ4n) is 2.19. The Labute approximate surface area is 125 Å². The van der Waals surface area contributed by atoms with E-state index in [1.165, 1.54) is 10.1 Å². The fraction of sp³-hybridized carbons (Fsp3) is 0.0667. The monoisotopic (exact) mass is 307 g/mol. The molecule has 0 aliphatic heterocycles. The standard InChI is InChI=1S/C15H11Cl2NS/c16-12-6-2-4-10(13(12)17)14(18)11-5-1-3-9-7-8-19-15(9)11/h1-8,14H,18H2. The fourth-order valence-corrected chi connectivity index (χ4v) is 3.57. The van der Waals surface area contributed by atoms with Crippen molar-refractivity contribution < 1.29 is 0 Å². The van der Waals surface area contributed by atoms with Gasteiger partial charge >= 0.3 is 0 Å². The molecular formula is C15H11Cl2NS. The van der Waals surface area contributed by atoms with Gasteiger partial charge in [0.25, 0.3) is 0 Å². The van der Waals surface area contributed by atoms with E-state index in [4.69, 9.17) is 28.9 Å².